The lowest BCUT2D eigenvalue weighted by molar-refractivity contribution is 0.280. The molecule has 2 aliphatic carbocycles. The van der Waals surface area contributed by atoms with Crippen molar-refractivity contribution >= 4 is 40.6 Å². The summed E-state index contributed by atoms with van der Waals surface area (Å²) in [5.41, 5.74) is 1.69. The summed E-state index contributed by atoms with van der Waals surface area (Å²) in [6, 6.07) is 19.4. The smallest absolute Gasteiger partial charge is 0.193 e. The van der Waals surface area contributed by atoms with Gasteiger partial charge in [0.25, 0.3) is 0 Å². The zero-order chi connectivity index (χ0) is 21.1. The quantitative estimate of drug-likeness (QED) is 0.423. The molecular weight excluding hydrogens is 432 g/mol. The Morgan fingerprint density at radius 3 is 1.90 bits per heavy atom. The molecule has 2 bridgehead atoms. The fourth-order valence-electron chi connectivity index (χ4n) is 5.11. The second kappa shape index (κ2) is 9.45. The van der Waals surface area contributed by atoms with Crippen molar-refractivity contribution in [1.82, 2.24) is 5.09 Å². The molecule has 2 aromatic carbocycles. The van der Waals surface area contributed by atoms with E-state index in [9.17, 15) is 4.57 Å². The number of fused-ring (bicyclic) bond motifs is 2. The molecule has 0 heterocycles. The van der Waals surface area contributed by atoms with E-state index in [-0.39, 0.29) is 6.04 Å². The van der Waals surface area contributed by atoms with Gasteiger partial charge >= 0.3 is 0 Å². The Morgan fingerprint density at radius 2 is 1.47 bits per heavy atom. The van der Waals surface area contributed by atoms with E-state index in [0.717, 1.165) is 23.0 Å². The zero-order valence-corrected chi connectivity index (χ0v) is 19.6. The topological polar surface area (TPSA) is 29.1 Å². The maximum absolute atomic E-state index is 14.1. The van der Waals surface area contributed by atoms with Crippen LogP contribution in [0.3, 0.4) is 0 Å². The van der Waals surface area contributed by atoms with Crippen LogP contribution in [-0.2, 0) is 4.57 Å². The summed E-state index contributed by atoms with van der Waals surface area (Å²) < 4.78 is 14.1. The van der Waals surface area contributed by atoms with Gasteiger partial charge in [0.2, 0.25) is 0 Å². The van der Waals surface area contributed by atoms with Crippen LogP contribution in [0.5, 0.6) is 0 Å². The van der Waals surface area contributed by atoms with Crippen molar-refractivity contribution in [3.63, 3.8) is 0 Å². The predicted molar refractivity (Wildman–Crippen MR) is 130 cm³/mol. The molecule has 5 heteroatoms. The van der Waals surface area contributed by atoms with Gasteiger partial charge in [0, 0.05) is 17.7 Å². The van der Waals surface area contributed by atoms with Crippen molar-refractivity contribution < 1.29 is 4.57 Å². The van der Waals surface area contributed by atoms with Gasteiger partial charge in [-0.25, -0.2) is 0 Å². The summed E-state index contributed by atoms with van der Waals surface area (Å²) in [6.45, 7) is 2.16. The number of hydrogen-bond donors (Lipinski definition) is 1. The minimum Gasteiger partial charge on any atom is -0.298 e. The molecule has 0 aromatic heterocycles. The Kier molecular flexibility index (Phi) is 6.90. The Balaban J connectivity index is 1.64. The van der Waals surface area contributed by atoms with E-state index in [1.165, 1.54) is 25.7 Å². The predicted octanol–water partition coefficient (Wildman–Crippen LogP) is 8.15. The highest BCUT2D eigenvalue weighted by Gasteiger charge is 2.42. The molecule has 158 valence electrons. The molecule has 0 saturated heterocycles. The van der Waals surface area contributed by atoms with Gasteiger partial charge in [-0.05, 0) is 55.1 Å². The van der Waals surface area contributed by atoms with Crippen molar-refractivity contribution in [1.29, 1.82) is 0 Å². The molecule has 4 rings (SSSR count). The van der Waals surface area contributed by atoms with Crippen LogP contribution >= 0.6 is 30.5 Å². The number of nitrogens with one attached hydrogen (secondary N) is 1. The van der Waals surface area contributed by atoms with Gasteiger partial charge in [-0.3, -0.25) is 9.65 Å². The lowest BCUT2D eigenvalue weighted by atomic mass is 9.84. The standard InChI is InChI=1S/C25H28Cl2NOP/c1-18(23-15-19-12-13-22(23)14-19)28-30(29,16-24(26)20-8-4-2-5-9-20)17-25(27)21-10-6-3-7-11-21/h2-11,16-19,22-23H,12-15H2,1H3,(H,28,29)/b24-16-,25-17-/t18-,19+,22-,23+/m1/s1. The maximum Gasteiger partial charge on any atom is 0.193 e. The summed E-state index contributed by atoms with van der Waals surface area (Å²) in [4.78, 5) is 0. The molecule has 2 aliphatic rings. The van der Waals surface area contributed by atoms with Crippen LogP contribution in [-0.4, -0.2) is 6.04 Å². The molecule has 2 saturated carbocycles. The molecule has 1 N–H and O–H groups in total. The molecule has 2 nitrogen and oxygen atoms in total. The maximum atomic E-state index is 14.1. The summed E-state index contributed by atoms with van der Waals surface area (Å²) >= 11 is 13.2. The molecule has 0 radical (unpaired) electrons. The van der Waals surface area contributed by atoms with Gasteiger partial charge in [0.1, 0.15) is 0 Å². The monoisotopic (exact) mass is 459 g/mol. The SMILES string of the molecule is C[C@@H](NP(=O)(/C=C(\Cl)c1ccccc1)/C=C(\Cl)c1ccccc1)[C@@H]1C[C@H]2CC[C@@H]1C2. The second-order valence-electron chi connectivity index (χ2n) is 8.65. The molecule has 0 aliphatic heterocycles. The van der Waals surface area contributed by atoms with E-state index in [2.05, 4.69) is 12.0 Å². The van der Waals surface area contributed by atoms with Crippen molar-refractivity contribution in [2.45, 2.75) is 38.6 Å². The second-order valence-corrected chi connectivity index (χ2v) is 11.7. The third-order valence-electron chi connectivity index (χ3n) is 6.55. The van der Waals surface area contributed by atoms with Crippen LogP contribution in [0.2, 0.25) is 0 Å². The van der Waals surface area contributed by atoms with Gasteiger partial charge in [-0.2, -0.15) is 0 Å². The highest BCUT2D eigenvalue weighted by molar-refractivity contribution is 7.68. The van der Waals surface area contributed by atoms with Crippen LogP contribution in [0.1, 0.15) is 43.7 Å². The summed E-state index contributed by atoms with van der Waals surface area (Å²) in [6.07, 6.45) is 5.20. The Labute approximate surface area is 189 Å². The minimum atomic E-state index is -3.13. The fourth-order valence-corrected chi connectivity index (χ4v) is 8.26. The van der Waals surface area contributed by atoms with Gasteiger partial charge in [-0.15, -0.1) is 0 Å². The first-order valence-corrected chi connectivity index (χ1v) is 13.3. The first-order chi connectivity index (χ1) is 14.4. The molecule has 0 unspecified atom stereocenters. The minimum absolute atomic E-state index is 0.138. The Bertz CT molecular complexity index is 914. The first-order valence-electron chi connectivity index (χ1n) is 10.7. The summed E-state index contributed by atoms with van der Waals surface area (Å²) in [7, 11) is -3.13. The lowest BCUT2D eigenvalue weighted by Crippen LogP contribution is -2.33. The average molecular weight is 460 g/mol. The average Bonchev–Trinajstić information content (AvgIpc) is 3.38. The third-order valence-corrected chi connectivity index (χ3v) is 9.60. The van der Waals surface area contributed by atoms with Crippen LogP contribution in [0, 0.1) is 17.8 Å². The zero-order valence-electron chi connectivity index (χ0n) is 17.2. The molecule has 2 fully saturated rings. The Morgan fingerprint density at radius 1 is 0.933 bits per heavy atom. The molecule has 4 atom stereocenters. The van der Waals surface area contributed by atoms with Crippen molar-refractivity contribution in [3.05, 3.63) is 83.4 Å². The lowest BCUT2D eigenvalue weighted by Gasteiger charge is -2.30. The normalized spacial score (nSPS) is 25.5. The van der Waals surface area contributed by atoms with Crippen molar-refractivity contribution in [2.24, 2.45) is 17.8 Å². The van der Waals surface area contributed by atoms with Gasteiger partial charge in [-0.1, -0.05) is 90.3 Å². The number of halogens is 2. The van der Waals surface area contributed by atoms with E-state index in [4.69, 9.17) is 23.2 Å². The van der Waals surface area contributed by atoms with Crippen LogP contribution in [0.4, 0.5) is 0 Å². The number of rotatable bonds is 7. The highest BCUT2D eigenvalue weighted by atomic mass is 35.5. The van der Waals surface area contributed by atoms with Crippen LogP contribution < -0.4 is 5.09 Å². The summed E-state index contributed by atoms with van der Waals surface area (Å²) in [5, 5.41) is 4.40. The van der Waals surface area contributed by atoms with Gasteiger partial charge in [0.05, 0.1) is 10.1 Å². The van der Waals surface area contributed by atoms with Crippen LogP contribution in [0.25, 0.3) is 10.1 Å². The molecule has 2 aromatic rings. The van der Waals surface area contributed by atoms with E-state index < -0.39 is 7.29 Å². The molecule has 0 spiro atoms. The van der Waals surface area contributed by atoms with Gasteiger partial charge in [0.15, 0.2) is 7.29 Å². The first kappa shape index (κ1) is 21.9. The molecular formula is C25H28Cl2NOP. The largest absolute Gasteiger partial charge is 0.298 e. The van der Waals surface area contributed by atoms with E-state index >= 15 is 0 Å². The van der Waals surface area contributed by atoms with Gasteiger partial charge < -0.3 is 0 Å². The van der Waals surface area contributed by atoms with Crippen molar-refractivity contribution in [3.8, 4) is 0 Å². The highest BCUT2D eigenvalue weighted by Crippen LogP contribution is 2.54. The van der Waals surface area contributed by atoms with E-state index in [1.54, 1.807) is 11.6 Å². The number of hydrogen-bond acceptors (Lipinski definition) is 1. The Hall–Kier alpha value is -1.31. The van der Waals surface area contributed by atoms with E-state index in [0.29, 0.717) is 16.0 Å². The fraction of sp³-hybridized carbons (Fsp3) is 0.360. The van der Waals surface area contributed by atoms with Crippen molar-refractivity contribution in [2.75, 3.05) is 0 Å². The summed E-state index contributed by atoms with van der Waals surface area (Å²) in [5.74, 6) is 5.48. The van der Waals surface area contributed by atoms with E-state index in [1.807, 2.05) is 60.7 Å². The molecule has 30 heavy (non-hydrogen) atoms. The number of benzene rings is 2. The third kappa shape index (κ3) is 5.11. The molecule has 0 amide bonds. The van der Waals surface area contributed by atoms with Crippen LogP contribution in [0.15, 0.2) is 72.3 Å².